The predicted molar refractivity (Wildman–Crippen MR) is 107 cm³/mol. The van der Waals surface area contributed by atoms with E-state index >= 15 is 0 Å². The van der Waals surface area contributed by atoms with Gasteiger partial charge in [-0.15, -0.1) is 0 Å². The van der Waals surface area contributed by atoms with Crippen molar-refractivity contribution in [3.05, 3.63) is 0 Å². The van der Waals surface area contributed by atoms with E-state index in [-0.39, 0.29) is 18.7 Å². The highest BCUT2D eigenvalue weighted by molar-refractivity contribution is 5.69. The number of unbranched alkanes of at least 4 members (excludes halogenated alkanes) is 11. The van der Waals surface area contributed by atoms with Gasteiger partial charge in [0, 0.05) is 13.0 Å². The number of carbonyl (C=O) groups excluding carboxylic acids is 1. The van der Waals surface area contributed by atoms with Crippen LogP contribution >= 0.6 is 0 Å². The summed E-state index contributed by atoms with van der Waals surface area (Å²) >= 11 is 0. The predicted octanol–water partition coefficient (Wildman–Crippen LogP) is 6.56. The van der Waals surface area contributed by atoms with Gasteiger partial charge in [0.1, 0.15) is 6.10 Å². The van der Waals surface area contributed by atoms with Gasteiger partial charge in [0.15, 0.2) is 0 Å². The Bertz CT molecular complexity index is 278. The minimum atomic E-state index is -0.0181. The maximum Gasteiger partial charge on any atom is 0.306 e. The smallest absolute Gasteiger partial charge is 0.306 e. The van der Waals surface area contributed by atoms with Crippen molar-refractivity contribution >= 4 is 5.97 Å². The molecule has 0 aliphatic heterocycles. The Hall–Kier alpha value is -0.570. The Morgan fingerprint density at radius 1 is 0.720 bits per heavy atom. The molecule has 0 aromatic heterocycles. The zero-order valence-electron chi connectivity index (χ0n) is 17.1. The van der Waals surface area contributed by atoms with Crippen LogP contribution in [0, 0.1) is 0 Å². The first-order chi connectivity index (χ1) is 12.2. The number of ether oxygens (including phenoxy) is 1. The number of hydrogen-bond donors (Lipinski definition) is 1. The molecule has 1 unspecified atom stereocenters. The van der Waals surface area contributed by atoms with Gasteiger partial charge in [-0.25, -0.2) is 0 Å². The first kappa shape index (κ1) is 24.4. The standard InChI is InChI=1S/C22H44O3/c1-3-5-7-9-10-14-18-21(17-13-8-6-4-2)25-22(24)19-15-11-12-16-20-23/h21,23H,3-20H2,1-2H3. The molecule has 0 saturated heterocycles. The fourth-order valence-electron chi connectivity index (χ4n) is 3.19. The third-order valence-electron chi connectivity index (χ3n) is 4.85. The Labute approximate surface area is 156 Å². The van der Waals surface area contributed by atoms with Crippen LogP contribution in [0.2, 0.25) is 0 Å². The summed E-state index contributed by atoms with van der Waals surface area (Å²) < 4.78 is 5.78. The number of rotatable bonds is 19. The molecule has 0 heterocycles. The zero-order valence-corrected chi connectivity index (χ0v) is 17.1. The molecule has 0 aromatic carbocycles. The minimum Gasteiger partial charge on any atom is -0.462 e. The zero-order chi connectivity index (χ0) is 18.6. The first-order valence-corrected chi connectivity index (χ1v) is 11.0. The van der Waals surface area contributed by atoms with E-state index in [9.17, 15) is 4.79 Å². The van der Waals surface area contributed by atoms with Crippen molar-refractivity contribution in [2.75, 3.05) is 6.61 Å². The lowest BCUT2D eigenvalue weighted by Gasteiger charge is -2.18. The van der Waals surface area contributed by atoms with Gasteiger partial charge in [0.2, 0.25) is 0 Å². The lowest BCUT2D eigenvalue weighted by molar-refractivity contribution is -0.150. The molecule has 1 atom stereocenters. The van der Waals surface area contributed by atoms with Crippen LogP contribution in [0.4, 0.5) is 0 Å². The van der Waals surface area contributed by atoms with Crippen LogP contribution in [0.25, 0.3) is 0 Å². The fourth-order valence-corrected chi connectivity index (χ4v) is 3.19. The third kappa shape index (κ3) is 18.0. The summed E-state index contributed by atoms with van der Waals surface area (Å²) in [6.45, 7) is 4.72. The Morgan fingerprint density at radius 3 is 1.80 bits per heavy atom. The lowest BCUT2D eigenvalue weighted by Crippen LogP contribution is -2.18. The molecule has 0 aromatic rings. The normalized spacial score (nSPS) is 12.3. The maximum atomic E-state index is 12.1. The van der Waals surface area contributed by atoms with Crippen molar-refractivity contribution in [2.24, 2.45) is 0 Å². The van der Waals surface area contributed by atoms with Crippen LogP contribution in [0.5, 0.6) is 0 Å². The van der Waals surface area contributed by atoms with Crippen molar-refractivity contribution in [2.45, 2.75) is 129 Å². The molecule has 0 saturated carbocycles. The second kappa shape index (κ2) is 19.8. The summed E-state index contributed by atoms with van der Waals surface area (Å²) in [5, 5.41) is 8.77. The number of aliphatic hydroxyl groups excluding tert-OH is 1. The molecule has 0 aliphatic rings. The van der Waals surface area contributed by atoms with Crippen LogP contribution in [0.15, 0.2) is 0 Å². The van der Waals surface area contributed by atoms with Crippen molar-refractivity contribution in [1.82, 2.24) is 0 Å². The van der Waals surface area contributed by atoms with Gasteiger partial charge in [-0.05, 0) is 38.5 Å². The van der Waals surface area contributed by atoms with Gasteiger partial charge < -0.3 is 9.84 Å². The van der Waals surface area contributed by atoms with Crippen molar-refractivity contribution in [3.8, 4) is 0 Å². The highest BCUT2D eigenvalue weighted by Gasteiger charge is 2.14. The molecule has 3 nitrogen and oxygen atoms in total. The summed E-state index contributed by atoms with van der Waals surface area (Å²) in [5.41, 5.74) is 0. The van der Waals surface area contributed by atoms with Gasteiger partial charge in [-0.2, -0.15) is 0 Å². The van der Waals surface area contributed by atoms with Gasteiger partial charge in [-0.3, -0.25) is 4.79 Å². The highest BCUT2D eigenvalue weighted by atomic mass is 16.5. The second-order valence-electron chi connectivity index (χ2n) is 7.41. The van der Waals surface area contributed by atoms with Crippen LogP contribution in [-0.4, -0.2) is 23.8 Å². The topological polar surface area (TPSA) is 46.5 Å². The maximum absolute atomic E-state index is 12.1. The first-order valence-electron chi connectivity index (χ1n) is 11.0. The number of hydrogen-bond acceptors (Lipinski definition) is 3. The number of carbonyl (C=O) groups is 1. The largest absolute Gasteiger partial charge is 0.462 e. The molecule has 150 valence electrons. The average Bonchev–Trinajstić information content (AvgIpc) is 2.61. The van der Waals surface area contributed by atoms with Gasteiger partial charge in [0.05, 0.1) is 0 Å². The van der Waals surface area contributed by atoms with Crippen LogP contribution < -0.4 is 0 Å². The van der Waals surface area contributed by atoms with Crippen LogP contribution in [0.3, 0.4) is 0 Å². The minimum absolute atomic E-state index is 0.0181. The molecule has 3 heteroatoms. The molecular weight excluding hydrogens is 312 g/mol. The average molecular weight is 357 g/mol. The lowest BCUT2D eigenvalue weighted by atomic mass is 10.0. The van der Waals surface area contributed by atoms with E-state index in [1.807, 2.05) is 0 Å². The van der Waals surface area contributed by atoms with Crippen LogP contribution in [-0.2, 0) is 9.53 Å². The molecular formula is C22H44O3. The molecule has 1 N–H and O–H groups in total. The van der Waals surface area contributed by atoms with E-state index < -0.39 is 0 Å². The van der Waals surface area contributed by atoms with E-state index in [4.69, 9.17) is 9.84 Å². The van der Waals surface area contributed by atoms with Gasteiger partial charge in [-0.1, -0.05) is 78.1 Å². The SMILES string of the molecule is CCCCCCCCC(CCCCCC)OC(=O)CCCCCCO. The van der Waals surface area contributed by atoms with E-state index in [0.717, 1.165) is 38.5 Å². The fraction of sp³-hybridized carbons (Fsp3) is 0.955. The second-order valence-corrected chi connectivity index (χ2v) is 7.41. The summed E-state index contributed by atoms with van der Waals surface area (Å²) in [4.78, 5) is 12.1. The monoisotopic (exact) mass is 356 g/mol. The van der Waals surface area contributed by atoms with E-state index in [2.05, 4.69) is 13.8 Å². The molecule has 0 fully saturated rings. The highest BCUT2D eigenvalue weighted by Crippen LogP contribution is 2.17. The Morgan fingerprint density at radius 2 is 1.20 bits per heavy atom. The molecule has 0 aliphatic carbocycles. The van der Waals surface area contributed by atoms with E-state index in [1.165, 1.54) is 64.2 Å². The molecule has 0 amide bonds. The number of aliphatic hydroxyl groups is 1. The Kier molecular flexibility index (Phi) is 19.3. The van der Waals surface area contributed by atoms with Gasteiger partial charge in [0.25, 0.3) is 0 Å². The molecule has 0 radical (unpaired) electrons. The van der Waals surface area contributed by atoms with Crippen molar-refractivity contribution in [3.63, 3.8) is 0 Å². The Balaban J connectivity index is 3.95. The quantitative estimate of drug-likeness (QED) is 0.210. The number of esters is 1. The van der Waals surface area contributed by atoms with Crippen molar-refractivity contribution < 1.29 is 14.6 Å². The summed E-state index contributed by atoms with van der Waals surface area (Å²) in [6.07, 6.45) is 19.2. The van der Waals surface area contributed by atoms with E-state index in [1.54, 1.807) is 0 Å². The molecule has 0 bridgehead atoms. The van der Waals surface area contributed by atoms with Gasteiger partial charge >= 0.3 is 5.97 Å². The molecule has 0 rings (SSSR count). The summed E-state index contributed by atoms with van der Waals surface area (Å²) in [5.74, 6) is -0.0181. The van der Waals surface area contributed by atoms with Crippen LogP contribution in [0.1, 0.15) is 123 Å². The summed E-state index contributed by atoms with van der Waals surface area (Å²) in [6, 6.07) is 0. The molecule has 0 spiro atoms. The van der Waals surface area contributed by atoms with E-state index in [0.29, 0.717) is 6.42 Å². The summed E-state index contributed by atoms with van der Waals surface area (Å²) in [7, 11) is 0. The van der Waals surface area contributed by atoms with Crippen molar-refractivity contribution in [1.29, 1.82) is 0 Å². The molecule has 25 heavy (non-hydrogen) atoms. The third-order valence-corrected chi connectivity index (χ3v) is 4.85.